The van der Waals surface area contributed by atoms with Crippen molar-refractivity contribution < 1.29 is 0 Å². The second kappa shape index (κ2) is 4.56. The minimum absolute atomic E-state index is 0.717. The molecule has 0 bridgehead atoms. The smallest absolute Gasteiger partial charge is 0.0342 e. The van der Waals surface area contributed by atoms with E-state index in [1.807, 2.05) is 11.3 Å². The lowest BCUT2D eigenvalue weighted by Crippen LogP contribution is -2.28. The number of rotatable bonds is 2. The zero-order valence-corrected chi connectivity index (χ0v) is 11.9. The minimum Gasteiger partial charge on any atom is -0.295 e. The Bertz CT molecular complexity index is 336. The van der Waals surface area contributed by atoms with Gasteiger partial charge in [0.1, 0.15) is 0 Å². The number of hydrogen-bond donors (Lipinski definition) is 0. The molecular formula is C12H18BrNS. The van der Waals surface area contributed by atoms with Gasteiger partial charge in [0.05, 0.1) is 0 Å². The summed E-state index contributed by atoms with van der Waals surface area (Å²) < 4.78 is 1.27. The summed E-state index contributed by atoms with van der Waals surface area (Å²) in [5.74, 6) is 1.66. The lowest BCUT2D eigenvalue weighted by molar-refractivity contribution is 0.241. The molecule has 3 unspecified atom stereocenters. The number of halogens is 1. The van der Waals surface area contributed by atoms with Gasteiger partial charge in [-0.15, -0.1) is 11.3 Å². The van der Waals surface area contributed by atoms with Gasteiger partial charge < -0.3 is 0 Å². The molecule has 0 aliphatic carbocycles. The van der Waals surface area contributed by atoms with E-state index < -0.39 is 0 Å². The first kappa shape index (κ1) is 11.6. The van der Waals surface area contributed by atoms with E-state index in [0.29, 0.717) is 6.04 Å². The Labute approximate surface area is 105 Å². The van der Waals surface area contributed by atoms with Crippen molar-refractivity contribution in [2.24, 2.45) is 11.8 Å². The van der Waals surface area contributed by atoms with Crippen molar-refractivity contribution in [2.45, 2.75) is 33.4 Å². The summed E-state index contributed by atoms with van der Waals surface area (Å²) >= 11 is 5.46. The van der Waals surface area contributed by atoms with Crippen LogP contribution in [0.15, 0.2) is 15.9 Å². The molecule has 15 heavy (non-hydrogen) atoms. The molecule has 3 atom stereocenters. The molecule has 0 amide bonds. The van der Waals surface area contributed by atoms with Gasteiger partial charge in [-0.25, -0.2) is 0 Å². The quantitative estimate of drug-likeness (QED) is 0.795. The van der Waals surface area contributed by atoms with Gasteiger partial charge in [-0.2, -0.15) is 0 Å². The fraction of sp³-hybridized carbons (Fsp3) is 0.667. The summed E-state index contributed by atoms with van der Waals surface area (Å²) in [7, 11) is 0. The van der Waals surface area contributed by atoms with E-state index in [2.05, 4.69) is 53.0 Å². The zero-order valence-electron chi connectivity index (χ0n) is 9.53. The average molecular weight is 288 g/mol. The number of thiophene rings is 1. The Kier molecular flexibility index (Phi) is 3.53. The predicted octanol–water partition coefficient (Wildman–Crippen LogP) is 3.99. The molecule has 1 aromatic rings. The van der Waals surface area contributed by atoms with Crippen molar-refractivity contribution in [3.8, 4) is 0 Å². The lowest BCUT2D eigenvalue weighted by atomic mass is 9.95. The Hall–Kier alpha value is 0.140. The molecule has 1 aliphatic rings. The van der Waals surface area contributed by atoms with Gasteiger partial charge in [0.15, 0.2) is 0 Å². The molecule has 1 saturated heterocycles. The van der Waals surface area contributed by atoms with Crippen LogP contribution in [0.4, 0.5) is 0 Å². The summed E-state index contributed by atoms with van der Waals surface area (Å²) in [5.41, 5.74) is 0. The van der Waals surface area contributed by atoms with Crippen molar-refractivity contribution >= 4 is 27.3 Å². The summed E-state index contributed by atoms with van der Waals surface area (Å²) in [5, 5.41) is 2.16. The highest BCUT2D eigenvalue weighted by Crippen LogP contribution is 2.32. The SMILES string of the molecule is CC1CN(Cc2sccc2Br)C(C)C1C. The number of hydrogen-bond acceptors (Lipinski definition) is 2. The molecular weight excluding hydrogens is 270 g/mol. The maximum Gasteiger partial charge on any atom is 0.0342 e. The van der Waals surface area contributed by atoms with Gasteiger partial charge in [-0.05, 0) is 46.1 Å². The van der Waals surface area contributed by atoms with Crippen LogP contribution in [0.1, 0.15) is 25.6 Å². The van der Waals surface area contributed by atoms with Crippen LogP contribution in [0.5, 0.6) is 0 Å². The summed E-state index contributed by atoms with van der Waals surface area (Å²) in [6, 6.07) is 2.86. The Balaban J connectivity index is 2.05. The van der Waals surface area contributed by atoms with E-state index >= 15 is 0 Å². The predicted molar refractivity (Wildman–Crippen MR) is 70.2 cm³/mol. The summed E-state index contributed by atoms with van der Waals surface area (Å²) in [6.07, 6.45) is 0. The zero-order chi connectivity index (χ0) is 11.0. The third kappa shape index (κ3) is 2.29. The number of nitrogens with zero attached hydrogens (tertiary/aromatic N) is 1. The second-order valence-corrected chi connectivity index (χ2v) is 6.55. The van der Waals surface area contributed by atoms with E-state index in [9.17, 15) is 0 Å². The van der Waals surface area contributed by atoms with Crippen LogP contribution in [0.25, 0.3) is 0 Å². The Morgan fingerprint density at radius 1 is 1.47 bits per heavy atom. The Morgan fingerprint density at radius 3 is 2.67 bits per heavy atom. The molecule has 0 spiro atoms. The van der Waals surface area contributed by atoms with Crippen LogP contribution in [-0.2, 0) is 6.54 Å². The fourth-order valence-electron chi connectivity index (χ4n) is 2.34. The molecule has 1 aromatic heterocycles. The second-order valence-electron chi connectivity index (χ2n) is 4.70. The van der Waals surface area contributed by atoms with E-state index in [-0.39, 0.29) is 0 Å². The maximum absolute atomic E-state index is 3.61. The molecule has 1 aliphatic heterocycles. The molecule has 84 valence electrons. The maximum atomic E-state index is 3.61. The fourth-order valence-corrected chi connectivity index (χ4v) is 3.84. The van der Waals surface area contributed by atoms with Crippen LogP contribution in [0.3, 0.4) is 0 Å². The number of likely N-dealkylation sites (tertiary alicyclic amines) is 1. The molecule has 0 saturated carbocycles. The Morgan fingerprint density at radius 2 is 2.20 bits per heavy atom. The topological polar surface area (TPSA) is 3.24 Å². The summed E-state index contributed by atoms with van der Waals surface area (Å²) in [6.45, 7) is 9.44. The molecule has 2 heterocycles. The first-order valence-electron chi connectivity index (χ1n) is 5.55. The molecule has 0 N–H and O–H groups in total. The molecule has 1 nitrogen and oxygen atoms in total. The first-order chi connectivity index (χ1) is 7.09. The third-order valence-electron chi connectivity index (χ3n) is 3.79. The van der Waals surface area contributed by atoms with Crippen LogP contribution >= 0.6 is 27.3 Å². The highest BCUT2D eigenvalue weighted by Gasteiger charge is 2.33. The van der Waals surface area contributed by atoms with Gasteiger partial charge in [0.25, 0.3) is 0 Å². The van der Waals surface area contributed by atoms with Crippen molar-refractivity contribution in [3.63, 3.8) is 0 Å². The van der Waals surface area contributed by atoms with E-state index in [4.69, 9.17) is 0 Å². The molecule has 1 fully saturated rings. The van der Waals surface area contributed by atoms with Gasteiger partial charge in [0.2, 0.25) is 0 Å². The molecule has 0 radical (unpaired) electrons. The third-order valence-corrected chi connectivity index (χ3v) is 5.71. The standard InChI is InChI=1S/C12H18BrNS/c1-8-6-14(10(3)9(8)2)7-12-11(13)4-5-15-12/h4-5,8-10H,6-7H2,1-3H3. The van der Waals surface area contributed by atoms with Gasteiger partial charge >= 0.3 is 0 Å². The largest absolute Gasteiger partial charge is 0.295 e. The van der Waals surface area contributed by atoms with Crippen LogP contribution < -0.4 is 0 Å². The van der Waals surface area contributed by atoms with Crippen LogP contribution in [0, 0.1) is 11.8 Å². The van der Waals surface area contributed by atoms with Crippen molar-refractivity contribution in [1.82, 2.24) is 4.90 Å². The first-order valence-corrected chi connectivity index (χ1v) is 7.22. The highest BCUT2D eigenvalue weighted by molar-refractivity contribution is 9.10. The van der Waals surface area contributed by atoms with E-state index in [1.54, 1.807) is 0 Å². The molecule has 3 heteroatoms. The summed E-state index contributed by atoms with van der Waals surface area (Å²) in [4.78, 5) is 4.06. The van der Waals surface area contributed by atoms with Crippen LogP contribution in [-0.4, -0.2) is 17.5 Å². The van der Waals surface area contributed by atoms with E-state index in [0.717, 1.165) is 18.4 Å². The van der Waals surface area contributed by atoms with Crippen molar-refractivity contribution in [2.75, 3.05) is 6.54 Å². The lowest BCUT2D eigenvalue weighted by Gasteiger charge is -2.22. The van der Waals surface area contributed by atoms with Gasteiger partial charge in [-0.1, -0.05) is 13.8 Å². The monoisotopic (exact) mass is 287 g/mol. The van der Waals surface area contributed by atoms with Gasteiger partial charge in [-0.3, -0.25) is 4.90 Å². The van der Waals surface area contributed by atoms with Gasteiger partial charge in [0, 0.05) is 28.5 Å². The molecule has 2 rings (SSSR count). The van der Waals surface area contributed by atoms with Crippen molar-refractivity contribution in [1.29, 1.82) is 0 Å². The average Bonchev–Trinajstić information content (AvgIpc) is 2.69. The van der Waals surface area contributed by atoms with E-state index in [1.165, 1.54) is 15.9 Å². The normalized spacial score (nSPS) is 32.4. The van der Waals surface area contributed by atoms with Crippen molar-refractivity contribution in [3.05, 3.63) is 20.8 Å². The van der Waals surface area contributed by atoms with Crippen LogP contribution in [0.2, 0.25) is 0 Å². The minimum atomic E-state index is 0.717. The molecule has 0 aromatic carbocycles. The highest BCUT2D eigenvalue weighted by atomic mass is 79.9.